The Kier molecular flexibility index (Phi) is 10.3. The van der Waals surface area contributed by atoms with Crippen LogP contribution < -0.4 is 4.74 Å². The fourth-order valence-corrected chi connectivity index (χ4v) is 4.79. The zero-order valence-electron chi connectivity index (χ0n) is 19.9. The largest absolute Gasteiger partial charge is 0.492 e. The SMILES string of the molecule is CCOC(Cc1ccc(OCCN(CC2CCCCC2)C(=O)OC2CCCC2)cc1)C(=O)O. The van der Waals surface area contributed by atoms with Gasteiger partial charge in [0, 0.05) is 19.6 Å². The minimum atomic E-state index is -0.959. The van der Waals surface area contributed by atoms with Crippen LogP contribution in [0.25, 0.3) is 0 Å². The first-order valence-corrected chi connectivity index (χ1v) is 12.6. The summed E-state index contributed by atoms with van der Waals surface area (Å²) in [6, 6.07) is 7.39. The van der Waals surface area contributed by atoms with Crippen molar-refractivity contribution in [1.29, 1.82) is 0 Å². The lowest BCUT2D eigenvalue weighted by Gasteiger charge is -2.30. The Balaban J connectivity index is 1.50. The van der Waals surface area contributed by atoms with Crippen molar-refractivity contribution in [1.82, 2.24) is 4.90 Å². The third-order valence-electron chi connectivity index (χ3n) is 6.65. The van der Waals surface area contributed by atoms with Gasteiger partial charge in [-0.15, -0.1) is 0 Å². The molecule has 0 spiro atoms. The van der Waals surface area contributed by atoms with Crippen molar-refractivity contribution in [3.8, 4) is 5.75 Å². The smallest absolute Gasteiger partial charge is 0.410 e. The van der Waals surface area contributed by atoms with E-state index in [0.717, 1.165) is 37.8 Å². The van der Waals surface area contributed by atoms with Gasteiger partial charge in [-0.3, -0.25) is 0 Å². The standard InChI is InChI=1S/C26H39NO6/c1-2-31-24(25(28)29)18-20-12-14-22(15-13-20)32-17-16-27(19-21-8-4-3-5-9-21)26(30)33-23-10-6-7-11-23/h12-15,21,23-24H,2-11,16-19H2,1H3,(H,28,29). The van der Waals surface area contributed by atoms with Crippen molar-refractivity contribution in [2.45, 2.75) is 83.3 Å². The minimum Gasteiger partial charge on any atom is -0.492 e. The van der Waals surface area contributed by atoms with E-state index in [1.54, 1.807) is 6.92 Å². The van der Waals surface area contributed by atoms with Crippen molar-refractivity contribution in [3.63, 3.8) is 0 Å². The van der Waals surface area contributed by atoms with Crippen molar-refractivity contribution in [3.05, 3.63) is 29.8 Å². The number of amides is 1. The van der Waals surface area contributed by atoms with Crippen LogP contribution in [0, 0.1) is 5.92 Å². The zero-order chi connectivity index (χ0) is 23.5. The molecular weight excluding hydrogens is 422 g/mol. The Hall–Kier alpha value is -2.28. The normalized spacial score (nSPS) is 18.1. The van der Waals surface area contributed by atoms with Gasteiger partial charge < -0.3 is 24.2 Å². The molecule has 7 nitrogen and oxygen atoms in total. The number of hydrogen-bond donors (Lipinski definition) is 1. The first-order chi connectivity index (χ1) is 16.0. The highest BCUT2D eigenvalue weighted by atomic mass is 16.6. The van der Waals surface area contributed by atoms with Crippen LogP contribution in [0.4, 0.5) is 4.79 Å². The van der Waals surface area contributed by atoms with E-state index in [1.165, 1.54) is 32.1 Å². The van der Waals surface area contributed by atoms with Crippen molar-refractivity contribution in [2.24, 2.45) is 5.92 Å². The van der Waals surface area contributed by atoms with E-state index in [1.807, 2.05) is 29.2 Å². The predicted octanol–water partition coefficient (Wildman–Crippen LogP) is 5.06. The van der Waals surface area contributed by atoms with Crippen LogP contribution in [0.2, 0.25) is 0 Å². The quantitative estimate of drug-likeness (QED) is 0.468. The molecule has 1 N–H and O–H groups in total. The number of aliphatic carboxylic acids is 1. The summed E-state index contributed by atoms with van der Waals surface area (Å²) in [6.45, 7) is 3.77. The molecule has 0 heterocycles. The molecule has 7 heteroatoms. The van der Waals surface area contributed by atoms with Crippen LogP contribution in [0.3, 0.4) is 0 Å². The minimum absolute atomic E-state index is 0.0612. The summed E-state index contributed by atoms with van der Waals surface area (Å²) < 4.78 is 17.0. The van der Waals surface area contributed by atoms with Gasteiger partial charge in [-0.25, -0.2) is 9.59 Å². The molecule has 2 aliphatic carbocycles. The molecule has 1 atom stereocenters. The van der Waals surface area contributed by atoms with Gasteiger partial charge in [0.1, 0.15) is 18.5 Å². The maximum atomic E-state index is 12.9. The number of hydrogen-bond acceptors (Lipinski definition) is 5. The Morgan fingerprint density at radius 3 is 2.33 bits per heavy atom. The molecule has 0 aromatic heterocycles. The Labute approximate surface area is 197 Å². The van der Waals surface area contributed by atoms with Gasteiger partial charge >= 0.3 is 12.1 Å². The van der Waals surface area contributed by atoms with Gasteiger partial charge in [-0.2, -0.15) is 0 Å². The molecule has 2 aliphatic rings. The number of carboxylic acid groups (broad SMARTS) is 1. The van der Waals surface area contributed by atoms with E-state index >= 15 is 0 Å². The van der Waals surface area contributed by atoms with E-state index < -0.39 is 12.1 Å². The second-order valence-corrected chi connectivity index (χ2v) is 9.22. The lowest BCUT2D eigenvalue weighted by Crippen LogP contribution is -2.40. The molecule has 184 valence electrons. The van der Waals surface area contributed by atoms with E-state index in [0.29, 0.717) is 37.8 Å². The highest BCUT2D eigenvalue weighted by molar-refractivity contribution is 5.72. The lowest BCUT2D eigenvalue weighted by atomic mass is 9.89. The van der Waals surface area contributed by atoms with Gasteiger partial charge in [-0.05, 0) is 69.1 Å². The molecule has 1 unspecified atom stereocenters. The molecule has 0 radical (unpaired) electrons. The molecule has 2 fully saturated rings. The fourth-order valence-electron chi connectivity index (χ4n) is 4.79. The number of carbonyl (C=O) groups excluding carboxylic acids is 1. The fraction of sp³-hybridized carbons (Fsp3) is 0.692. The number of rotatable bonds is 12. The summed E-state index contributed by atoms with van der Waals surface area (Å²) >= 11 is 0. The Bertz CT molecular complexity index is 725. The molecule has 3 rings (SSSR count). The second-order valence-electron chi connectivity index (χ2n) is 9.22. The zero-order valence-corrected chi connectivity index (χ0v) is 19.9. The summed E-state index contributed by atoms with van der Waals surface area (Å²) in [5.74, 6) is 0.283. The molecule has 1 aromatic rings. The molecule has 0 bridgehead atoms. The molecule has 1 aromatic carbocycles. The maximum Gasteiger partial charge on any atom is 0.410 e. The van der Waals surface area contributed by atoms with Crippen LogP contribution in [0.1, 0.15) is 70.3 Å². The topological polar surface area (TPSA) is 85.3 Å². The molecule has 33 heavy (non-hydrogen) atoms. The lowest BCUT2D eigenvalue weighted by molar-refractivity contribution is -0.149. The van der Waals surface area contributed by atoms with Crippen LogP contribution in [-0.2, 0) is 20.7 Å². The van der Waals surface area contributed by atoms with Gasteiger partial charge in [-0.1, -0.05) is 31.4 Å². The average molecular weight is 462 g/mol. The summed E-state index contributed by atoms with van der Waals surface area (Å²) in [7, 11) is 0. The van der Waals surface area contributed by atoms with Gasteiger partial charge in [0.2, 0.25) is 0 Å². The first-order valence-electron chi connectivity index (χ1n) is 12.6. The van der Waals surface area contributed by atoms with Crippen molar-refractivity contribution in [2.75, 3.05) is 26.3 Å². The average Bonchev–Trinajstić information content (AvgIpc) is 3.33. The van der Waals surface area contributed by atoms with E-state index in [2.05, 4.69) is 0 Å². The number of carboxylic acids is 1. The summed E-state index contributed by atoms with van der Waals surface area (Å²) in [5, 5.41) is 9.25. The molecule has 0 aliphatic heterocycles. The van der Waals surface area contributed by atoms with E-state index in [4.69, 9.17) is 14.2 Å². The number of nitrogens with zero attached hydrogens (tertiary/aromatic N) is 1. The van der Waals surface area contributed by atoms with Crippen LogP contribution in [-0.4, -0.2) is 60.6 Å². The summed E-state index contributed by atoms with van der Waals surface area (Å²) in [5.41, 5.74) is 0.877. The highest BCUT2D eigenvalue weighted by Gasteiger charge is 2.26. The van der Waals surface area contributed by atoms with E-state index in [-0.39, 0.29) is 12.2 Å². The third kappa shape index (κ3) is 8.54. The van der Waals surface area contributed by atoms with Gasteiger partial charge in [0.15, 0.2) is 6.10 Å². The highest BCUT2D eigenvalue weighted by Crippen LogP contribution is 2.26. The van der Waals surface area contributed by atoms with Crippen LogP contribution in [0.5, 0.6) is 5.75 Å². The van der Waals surface area contributed by atoms with Crippen LogP contribution >= 0.6 is 0 Å². The number of ether oxygens (including phenoxy) is 3. The maximum absolute atomic E-state index is 12.9. The number of benzene rings is 1. The van der Waals surface area contributed by atoms with Crippen LogP contribution in [0.15, 0.2) is 24.3 Å². The molecule has 2 saturated carbocycles. The Morgan fingerprint density at radius 2 is 1.70 bits per heavy atom. The van der Waals surface area contributed by atoms with Gasteiger partial charge in [0.25, 0.3) is 0 Å². The Morgan fingerprint density at radius 1 is 1.03 bits per heavy atom. The first kappa shape index (κ1) is 25.3. The molecule has 1 amide bonds. The predicted molar refractivity (Wildman–Crippen MR) is 126 cm³/mol. The van der Waals surface area contributed by atoms with E-state index in [9.17, 15) is 14.7 Å². The molecule has 0 saturated heterocycles. The second kappa shape index (κ2) is 13.4. The molecular formula is C26H39NO6. The number of carbonyl (C=O) groups is 2. The van der Waals surface area contributed by atoms with Gasteiger partial charge in [0.05, 0.1) is 6.54 Å². The summed E-state index contributed by atoms with van der Waals surface area (Å²) in [4.78, 5) is 26.0. The van der Waals surface area contributed by atoms with Crippen molar-refractivity contribution < 1.29 is 28.9 Å². The summed E-state index contributed by atoms with van der Waals surface area (Å²) in [6.07, 6.45) is 9.66. The van der Waals surface area contributed by atoms with Crippen molar-refractivity contribution >= 4 is 12.1 Å². The monoisotopic (exact) mass is 461 g/mol. The third-order valence-corrected chi connectivity index (χ3v) is 6.65.